The van der Waals surface area contributed by atoms with Gasteiger partial charge >= 0.3 is 0 Å². The number of aromatic nitrogens is 3. The van der Waals surface area contributed by atoms with Crippen LogP contribution >= 0.6 is 0 Å². The second-order valence-corrected chi connectivity index (χ2v) is 5.59. The first-order chi connectivity index (χ1) is 10.8. The van der Waals surface area contributed by atoms with Gasteiger partial charge in [0.05, 0.1) is 17.4 Å². The molecule has 0 aliphatic rings. The number of amides is 1. The molecule has 0 aliphatic carbocycles. The van der Waals surface area contributed by atoms with E-state index in [0.717, 1.165) is 4.68 Å². The van der Waals surface area contributed by atoms with E-state index in [1.54, 1.807) is 38.1 Å². The zero-order valence-corrected chi connectivity index (χ0v) is 13.0. The molecule has 1 aromatic carbocycles. The third-order valence-electron chi connectivity index (χ3n) is 3.47. The van der Waals surface area contributed by atoms with Gasteiger partial charge in [-0.05, 0) is 25.0 Å². The normalized spacial score (nSPS) is 13.7. The molecule has 0 saturated heterocycles. The molecule has 122 valence electrons. The van der Waals surface area contributed by atoms with E-state index in [9.17, 15) is 19.5 Å². The Bertz CT molecular complexity index is 799. The quantitative estimate of drug-likeness (QED) is 0.775. The second kappa shape index (κ2) is 6.55. The van der Waals surface area contributed by atoms with Crippen LogP contribution in [0.2, 0.25) is 0 Å². The maximum atomic E-state index is 12.6. The highest BCUT2D eigenvalue weighted by atomic mass is 16.4. The fourth-order valence-electron chi connectivity index (χ4n) is 2.24. The van der Waals surface area contributed by atoms with E-state index in [1.807, 2.05) is 0 Å². The number of fused-ring (bicyclic) bond motifs is 1. The third kappa shape index (κ3) is 3.36. The van der Waals surface area contributed by atoms with Crippen molar-refractivity contribution in [2.24, 2.45) is 5.92 Å². The first kappa shape index (κ1) is 16.6. The lowest BCUT2D eigenvalue weighted by molar-refractivity contribution is -0.307. The number of carbonyl (C=O) groups excluding carboxylic acids is 2. The summed E-state index contributed by atoms with van der Waals surface area (Å²) in [6.07, 6.45) is 0. The number of carbonyl (C=O) groups is 2. The molecule has 0 aliphatic heterocycles. The third-order valence-corrected chi connectivity index (χ3v) is 3.47. The van der Waals surface area contributed by atoms with Crippen molar-refractivity contribution in [1.29, 1.82) is 0 Å². The molecule has 1 amide bonds. The smallest absolute Gasteiger partial charge is 0.278 e. The molecule has 23 heavy (non-hydrogen) atoms. The number of aliphatic carboxylic acids is 1. The first-order valence-corrected chi connectivity index (χ1v) is 7.18. The summed E-state index contributed by atoms with van der Waals surface area (Å²) in [5.41, 5.74) is -0.0229. The van der Waals surface area contributed by atoms with Crippen molar-refractivity contribution in [1.82, 2.24) is 20.3 Å². The predicted molar refractivity (Wildman–Crippen MR) is 80.3 cm³/mol. The summed E-state index contributed by atoms with van der Waals surface area (Å²) < 4.78 is 0.990. The van der Waals surface area contributed by atoms with Crippen molar-refractivity contribution in [2.45, 2.75) is 32.9 Å². The Balaban J connectivity index is 2.46. The molecular weight excluding hydrogens is 300 g/mol. The topological polar surface area (TPSA) is 117 Å². The Labute approximate surface area is 132 Å². The molecule has 8 heteroatoms. The van der Waals surface area contributed by atoms with Crippen LogP contribution in [0.1, 0.15) is 26.8 Å². The van der Waals surface area contributed by atoms with E-state index in [4.69, 9.17) is 0 Å². The molecule has 8 nitrogen and oxygen atoms in total. The number of carboxylic acids is 1. The van der Waals surface area contributed by atoms with Crippen LogP contribution in [0.25, 0.3) is 10.9 Å². The number of carboxylic acid groups (broad SMARTS) is 1. The van der Waals surface area contributed by atoms with Gasteiger partial charge in [0, 0.05) is 0 Å². The molecular formula is C15H17N4O4-. The van der Waals surface area contributed by atoms with Crippen molar-refractivity contribution in [3.05, 3.63) is 34.6 Å². The van der Waals surface area contributed by atoms with Gasteiger partial charge in [0.1, 0.15) is 11.6 Å². The minimum atomic E-state index is -1.40. The average molecular weight is 317 g/mol. The van der Waals surface area contributed by atoms with Gasteiger partial charge in [-0.3, -0.25) is 9.59 Å². The number of benzene rings is 1. The number of hydrogen-bond donors (Lipinski definition) is 1. The molecule has 0 radical (unpaired) electrons. The lowest BCUT2D eigenvalue weighted by Gasteiger charge is -2.23. The highest BCUT2D eigenvalue weighted by molar-refractivity contribution is 5.85. The first-order valence-electron chi connectivity index (χ1n) is 7.18. The van der Waals surface area contributed by atoms with E-state index >= 15 is 0 Å². The average Bonchev–Trinajstić information content (AvgIpc) is 2.49. The monoisotopic (exact) mass is 317 g/mol. The van der Waals surface area contributed by atoms with Crippen LogP contribution in [0.3, 0.4) is 0 Å². The molecule has 2 atom stereocenters. The van der Waals surface area contributed by atoms with Crippen molar-refractivity contribution in [2.75, 3.05) is 0 Å². The summed E-state index contributed by atoms with van der Waals surface area (Å²) in [5, 5.41) is 21.2. The van der Waals surface area contributed by atoms with Crippen LogP contribution in [0, 0.1) is 5.92 Å². The van der Waals surface area contributed by atoms with Gasteiger partial charge in [-0.2, -0.15) is 4.68 Å². The molecule has 0 saturated carbocycles. The van der Waals surface area contributed by atoms with Crippen LogP contribution in [0.5, 0.6) is 0 Å². The van der Waals surface area contributed by atoms with Gasteiger partial charge in [0.15, 0.2) is 0 Å². The molecule has 0 spiro atoms. The van der Waals surface area contributed by atoms with E-state index in [0.29, 0.717) is 10.9 Å². The molecule has 0 unspecified atom stereocenters. The summed E-state index contributed by atoms with van der Waals surface area (Å²) in [6, 6.07) is 4.53. The van der Waals surface area contributed by atoms with E-state index in [-0.39, 0.29) is 5.92 Å². The van der Waals surface area contributed by atoms with Crippen LogP contribution in [-0.4, -0.2) is 32.9 Å². The molecule has 2 rings (SSSR count). The summed E-state index contributed by atoms with van der Waals surface area (Å²) in [5.74, 6) is -2.32. The zero-order chi connectivity index (χ0) is 17.1. The SMILES string of the molecule is CC(C)[C@@H](C(=O)N[C@@H](C)C(=O)[O-])n1nnc2ccccc2c1=O. The van der Waals surface area contributed by atoms with Crippen LogP contribution in [0.15, 0.2) is 29.1 Å². The van der Waals surface area contributed by atoms with Crippen LogP contribution < -0.4 is 16.0 Å². The lowest BCUT2D eigenvalue weighted by atomic mass is 10.0. The van der Waals surface area contributed by atoms with Crippen molar-refractivity contribution >= 4 is 22.8 Å². The fraction of sp³-hybridized carbons (Fsp3) is 0.400. The zero-order valence-electron chi connectivity index (χ0n) is 13.0. The molecule has 0 fully saturated rings. The molecule has 2 aromatic rings. The second-order valence-electron chi connectivity index (χ2n) is 5.59. The van der Waals surface area contributed by atoms with Gasteiger partial charge in [0.25, 0.3) is 5.56 Å². The highest BCUT2D eigenvalue weighted by Gasteiger charge is 2.28. The van der Waals surface area contributed by atoms with Gasteiger partial charge in [-0.25, -0.2) is 0 Å². The Hall–Kier alpha value is -2.77. The maximum absolute atomic E-state index is 12.6. The predicted octanol–water partition coefficient (Wildman–Crippen LogP) is -0.757. The molecule has 1 N–H and O–H groups in total. The van der Waals surface area contributed by atoms with Gasteiger partial charge in [-0.1, -0.05) is 31.2 Å². The summed E-state index contributed by atoms with van der Waals surface area (Å²) in [4.78, 5) is 35.7. The van der Waals surface area contributed by atoms with E-state index < -0.39 is 29.5 Å². The largest absolute Gasteiger partial charge is 0.548 e. The van der Waals surface area contributed by atoms with Crippen LogP contribution in [0.4, 0.5) is 0 Å². The van der Waals surface area contributed by atoms with Crippen molar-refractivity contribution < 1.29 is 14.7 Å². The van der Waals surface area contributed by atoms with Crippen LogP contribution in [-0.2, 0) is 9.59 Å². The standard InChI is InChI=1S/C15H18N4O4/c1-8(2)12(13(20)16-9(3)15(22)23)19-14(21)10-6-4-5-7-11(10)17-18-19/h4-9,12H,1-3H3,(H,16,20)(H,22,23)/p-1/t9-,12-/m0/s1. The fourth-order valence-corrected chi connectivity index (χ4v) is 2.24. The Morgan fingerprint density at radius 2 is 1.87 bits per heavy atom. The van der Waals surface area contributed by atoms with Crippen molar-refractivity contribution in [3.63, 3.8) is 0 Å². The maximum Gasteiger partial charge on any atom is 0.278 e. The van der Waals surface area contributed by atoms with Gasteiger partial charge < -0.3 is 15.2 Å². The number of rotatable bonds is 5. The Morgan fingerprint density at radius 1 is 1.22 bits per heavy atom. The number of nitrogens with zero attached hydrogens (tertiary/aromatic N) is 3. The Morgan fingerprint density at radius 3 is 2.48 bits per heavy atom. The highest BCUT2D eigenvalue weighted by Crippen LogP contribution is 2.16. The van der Waals surface area contributed by atoms with E-state index in [1.165, 1.54) is 6.92 Å². The van der Waals surface area contributed by atoms with Gasteiger partial charge in [-0.15, -0.1) is 5.10 Å². The van der Waals surface area contributed by atoms with Crippen molar-refractivity contribution in [3.8, 4) is 0 Å². The molecule has 0 bridgehead atoms. The number of nitrogens with one attached hydrogen (secondary N) is 1. The summed E-state index contributed by atoms with van der Waals surface area (Å²) in [7, 11) is 0. The minimum absolute atomic E-state index is 0.294. The lowest BCUT2D eigenvalue weighted by Crippen LogP contribution is -2.50. The summed E-state index contributed by atoms with van der Waals surface area (Å²) in [6.45, 7) is 4.76. The number of hydrogen-bond acceptors (Lipinski definition) is 6. The van der Waals surface area contributed by atoms with E-state index in [2.05, 4.69) is 15.6 Å². The molecule has 1 aromatic heterocycles. The molecule has 1 heterocycles. The minimum Gasteiger partial charge on any atom is -0.548 e. The Kier molecular flexibility index (Phi) is 4.73. The summed E-state index contributed by atoms with van der Waals surface area (Å²) >= 11 is 0. The van der Waals surface area contributed by atoms with Gasteiger partial charge in [0.2, 0.25) is 5.91 Å².